The number of hydrogen-bond acceptors (Lipinski definition) is 2. The first-order valence-corrected chi connectivity index (χ1v) is 6.29. The van der Waals surface area contributed by atoms with E-state index in [9.17, 15) is 8.78 Å². The third-order valence-electron chi connectivity index (χ3n) is 1.88. The molecular weight excluding hydrogens is 246 g/mol. The SMILES string of the molecule is FC(F)=C(Sc1ccccc1)c1cccs1. The van der Waals surface area contributed by atoms with Crippen LogP contribution in [0.1, 0.15) is 4.88 Å². The van der Waals surface area contributed by atoms with Gasteiger partial charge >= 0.3 is 0 Å². The minimum Gasteiger partial charge on any atom is -0.172 e. The Kier molecular flexibility index (Phi) is 3.74. The molecule has 0 nitrogen and oxygen atoms in total. The molecule has 2 rings (SSSR count). The third kappa shape index (κ3) is 2.71. The fourth-order valence-electron chi connectivity index (χ4n) is 1.20. The molecule has 0 aliphatic rings. The zero-order chi connectivity index (χ0) is 11.4. The van der Waals surface area contributed by atoms with Gasteiger partial charge in [0.25, 0.3) is 6.08 Å². The summed E-state index contributed by atoms with van der Waals surface area (Å²) in [5.74, 6) is 0. The molecule has 1 heterocycles. The second-order valence-corrected chi connectivity index (χ2v) is 5.01. The van der Waals surface area contributed by atoms with Crippen LogP contribution in [0.5, 0.6) is 0 Å². The van der Waals surface area contributed by atoms with Gasteiger partial charge in [-0.15, -0.1) is 11.3 Å². The van der Waals surface area contributed by atoms with Crippen molar-refractivity contribution in [2.24, 2.45) is 0 Å². The molecule has 0 radical (unpaired) electrons. The van der Waals surface area contributed by atoms with Crippen molar-refractivity contribution in [1.29, 1.82) is 0 Å². The summed E-state index contributed by atoms with van der Waals surface area (Å²) < 4.78 is 25.6. The molecule has 1 aromatic carbocycles. The molecule has 0 unspecified atom stereocenters. The summed E-state index contributed by atoms with van der Waals surface area (Å²) in [6, 6.07) is 12.7. The molecule has 0 saturated heterocycles. The van der Waals surface area contributed by atoms with Gasteiger partial charge in [0, 0.05) is 9.77 Å². The van der Waals surface area contributed by atoms with E-state index < -0.39 is 6.08 Å². The summed E-state index contributed by atoms with van der Waals surface area (Å²) in [7, 11) is 0. The van der Waals surface area contributed by atoms with Gasteiger partial charge in [-0.3, -0.25) is 0 Å². The normalized spacial score (nSPS) is 10.1. The van der Waals surface area contributed by atoms with E-state index in [2.05, 4.69) is 0 Å². The maximum absolute atomic E-state index is 12.8. The zero-order valence-corrected chi connectivity index (χ0v) is 9.82. The van der Waals surface area contributed by atoms with E-state index in [1.807, 2.05) is 30.3 Å². The monoisotopic (exact) mass is 254 g/mol. The fraction of sp³-hybridized carbons (Fsp3) is 0. The number of halogens is 2. The van der Waals surface area contributed by atoms with E-state index in [1.54, 1.807) is 17.5 Å². The quantitative estimate of drug-likeness (QED) is 0.686. The Morgan fingerprint density at radius 3 is 2.31 bits per heavy atom. The van der Waals surface area contributed by atoms with E-state index in [0.717, 1.165) is 16.7 Å². The van der Waals surface area contributed by atoms with Crippen LogP contribution in [-0.2, 0) is 0 Å². The van der Waals surface area contributed by atoms with Crippen molar-refractivity contribution in [3.8, 4) is 0 Å². The molecule has 0 N–H and O–H groups in total. The summed E-state index contributed by atoms with van der Waals surface area (Å²) in [6.07, 6.45) is -1.63. The first-order valence-electron chi connectivity index (χ1n) is 4.59. The lowest BCUT2D eigenvalue weighted by molar-refractivity contribution is 0.428. The van der Waals surface area contributed by atoms with Gasteiger partial charge in [0.1, 0.15) is 0 Å². The number of thiophene rings is 1. The maximum Gasteiger partial charge on any atom is 0.285 e. The van der Waals surface area contributed by atoms with Crippen molar-refractivity contribution in [2.45, 2.75) is 4.90 Å². The second kappa shape index (κ2) is 5.27. The first kappa shape index (κ1) is 11.4. The van der Waals surface area contributed by atoms with Gasteiger partial charge in [0.2, 0.25) is 0 Å². The number of rotatable bonds is 3. The van der Waals surface area contributed by atoms with E-state index in [1.165, 1.54) is 11.3 Å². The second-order valence-electron chi connectivity index (χ2n) is 2.98. The molecule has 0 fully saturated rings. The highest BCUT2D eigenvalue weighted by atomic mass is 32.2. The minimum atomic E-state index is -1.63. The Bertz CT molecular complexity index is 471. The van der Waals surface area contributed by atoms with Gasteiger partial charge in [-0.25, -0.2) is 0 Å². The molecule has 1 aromatic heterocycles. The Balaban J connectivity index is 2.28. The van der Waals surface area contributed by atoms with Crippen molar-refractivity contribution in [1.82, 2.24) is 0 Å². The Hall–Kier alpha value is -1.13. The number of thioether (sulfide) groups is 1. The first-order chi connectivity index (χ1) is 7.77. The molecule has 0 aliphatic heterocycles. The predicted molar refractivity (Wildman–Crippen MR) is 65.8 cm³/mol. The molecule has 0 spiro atoms. The van der Waals surface area contributed by atoms with Crippen LogP contribution in [0.4, 0.5) is 8.78 Å². The Morgan fingerprint density at radius 2 is 1.75 bits per heavy atom. The van der Waals surface area contributed by atoms with Crippen molar-refractivity contribution < 1.29 is 8.78 Å². The van der Waals surface area contributed by atoms with Gasteiger partial charge in [-0.05, 0) is 23.6 Å². The summed E-state index contributed by atoms with van der Waals surface area (Å²) >= 11 is 2.41. The van der Waals surface area contributed by atoms with Crippen molar-refractivity contribution in [3.63, 3.8) is 0 Å². The van der Waals surface area contributed by atoms with Crippen LogP contribution in [-0.4, -0.2) is 0 Å². The molecule has 2 aromatic rings. The van der Waals surface area contributed by atoms with Crippen LogP contribution in [0, 0.1) is 0 Å². The summed E-state index contributed by atoms with van der Waals surface area (Å²) in [5.41, 5.74) is 0. The average Bonchev–Trinajstić information content (AvgIpc) is 2.80. The van der Waals surface area contributed by atoms with Crippen LogP contribution < -0.4 is 0 Å². The number of benzene rings is 1. The summed E-state index contributed by atoms with van der Waals surface area (Å²) in [6.45, 7) is 0. The van der Waals surface area contributed by atoms with Gasteiger partial charge in [-0.2, -0.15) is 8.78 Å². The molecule has 0 amide bonds. The van der Waals surface area contributed by atoms with Gasteiger partial charge < -0.3 is 0 Å². The molecule has 0 aliphatic carbocycles. The molecular formula is C12H8F2S2. The molecule has 4 heteroatoms. The average molecular weight is 254 g/mol. The van der Waals surface area contributed by atoms with E-state index >= 15 is 0 Å². The lowest BCUT2D eigenvalue weighted by atomic mass is 10.4. The van der Waals surface area contributed by atoms with Crippen LogP contribution in [0.2, 0.25) is 0 Å². The number of hydrogen-bond donors (Lipinski definition) is 0. The van der Waals surface area contributed by atoms with Gasteiger partial charge in [0.15, 0.2) is 0 Å². The summed E-state index contributed by atoms with van der Waals surface area (Å²) in [5, 5.41) is 1.80. The highest BCUT2D eigenvalue weighted by Gasteiger charge is 2.12. The van der Waals surface area contributed by atoms with Gasteiger partial charge in [-0.1, -0.05) is 36.0 Å². The highest BCUT2D eigenvalue weighted by Crippen LogP contribution is 2.39. The smallest absolute Gasteiger partial charge is 0.172 e. The third-order valence-corrected chi connectivity index (χ3v) is 3.98. The van der Waals surface area contributed by atoms with Crippen LogP contribution in [0.25, 0.3) is 4.91 Å². The Morgan fingerprint density at radius 1 is 1.00 bits per heavy atom. The summed E-state index contributed by atoms with van der Waals surface area (Å²) in [4.78, 5) is 1.47. The fourth-order valence-corrected chi connectivity index (χ4v) is 2.89. The van der Waals surface area contributed by atoms with E-state index in [4.69, 9.17) is 0 Å². The largest absolute Gasteiger partial charge is 0.285 e. The predicted octanol–water partition coefficient (Wildman–Crippen LogP) is 5.11. The van der Waals surface area contributed by atoms with Crippen molar-refractivity contribution in [3.05, 3.63) is 58.8 Å². The lowest BCUT2D eigenvalue weighted by Gasteiger charge is -2.03. The van der Waals surface area contributed by atoms with Crippen LogP contribution in [0.15, 0.2) is 58.8 Å². The molecule has 0 bridgehead atoms. The van der Waals surface area contributed by atoms with E-state index in [-0.39, 0.29) is 4.91 Å². The molecule has 82 valence electrons. The topological polar surface area (TPSA) is 0 Å². The Labute approximate surface area is 101 Å². The lowest BCUT2D eigenvalue weighted by Crippen LogP contribution is -1.77. The van der Waals surface area contributed by atoms with Crippen LogP contribution in [0.3, 0.4) is 0 Å². The highest BCUT2D eigenvalue weighted by molar-refractivity contribution is 8.08. The standard InChI is InChI=1S/C12H8F2S2/c13-12(14)11(10-7-4-8-15-10)16-9-5-2-1-3-6-9/h1-8H. The molecule has 0 saturated carbocycles. The maximum atomic E-state index is 12.8. The zero-order valence-electron chi connectivity index (χ0n) is 8.19. The minimum absolute atomic E-state index is 0.0428. The molecule has 0 atom stereocenters. The van der Waals surface area contributed by atoms with Crippen LogP contribution >= 0.6 is 23.1 Å². The van der Waals surface area contributed by atoms with E-state index in [0.29, 0.717) is 4.88 Å². The molecule has 16 heavy (non-hydrogen) atoms. The van der Waals surface area contributed by atoms with Crippen molar-refractivity contribution in [2.75, 3.05) is 0 Å². The van der Waals surface area contributed by atoms with Crippen molar-refractivity contribution >= 4 is 28.0 Å². The van der Waals surface area contributed by atoms with Gasteiger partial charge in [0.05, 0.1) is 4.91 Å².